The van der Waals surface area contributed by atoms with E-state index in [0.29, 0.717) is 12.4 Å². The fourth-order valence-electron chi connectivity index (χ4n) is 2.28. The second kappa shape index (κ2) is 5.40. The van der Waals surface area contributed by atoms with E-state index < -0.39 is 0 Å². The molecule has 0 aliphatic carbocycles. The van der Waals surface area contributed by atoms with E-state index in [0.717, 1.165) is 28.9 Å². The van der Waals surface area contributed by atoms with Crippen LogP contribution in [-0.4, -0.2) is 47.8 Å². The highest BCUT2D eigenvalue weighted by Gasteiger charge is 2.19. The molecule has 108 valence electrons. The van der Waals surface area contributed by atoms with Crippen LogP contribution in [0, 0.1) is 0 Å². The SMILES string of the molecule is CN(C)C=Nc1cc(-c2cc3c([nH]2)CCNC3=O)ccn1. The fraction of sp³-hybridized carbons (Fsp3) is 0.267. The van der Waals surface area contributed by atoms with Crippen molar-refractivity contribution in [3.63, 3.8) is 0 Å². The number of nitrogens with one attached hydrogen (secondary N) is 2. The quantitative estimate of drug-likeness (QED) is 0.663. The van der Waals surface area contributed by atoms with E-state index >= 15 is 0 Å². The first-order valence-corrected chi connectivity index (χ1v) is 6.80. The normalized spacial score (nSPS) is 14.1. The summed E-state index contributed by atoms with van der Waals surface area (Å²) in [6.07, 6.45) is 4.26. The first-order valence-electron chi connectivity index (χ1n) is 6.80. The Morgan fingerprint density at radius 1 is 1.38 bits per heavy atom. The maximum absolute atomic E-state index is 11.8. The van der Waals surface area contributed by atoms with Gasteiger partial charge in [-0.2, -0.15) is 0 Å². The van der Waals surface area contributed by atoms with Gasteiger partial charge in [0.25, 0.3) is 5.91 Å². The van der Waals surface area contributed by atoms with Gasteiger partial charge in [0, 0.05) is 50.2 Å². The van der Waals surface area contributed by atoms with Gasteiger partial charge in [0.2, 0.25) is 0 Å². The maximum atomic E-state index is 11.8. The van der Waals surface area contributed by atoms with Gasteiger partial charge in [-0.15, -0.1) is 0 Å². The molecule has 0 radical (unpaired) electrons. The van der Waals surface area contributed by atoms with Crippen LogP contribution >= 0.6 is 0 Å². The van der Waals surface area contributed by atoms with Gasteiger partial charge >= 0.3 is 0 Å². The number of aliphatic imine (C=N–C) groups is 1. The number of fused-ring (bicyclic) bond motifs is 1. The molecule has 6 nitrogen and oxygen atoms in total. The number of nitrogens with zero attached hydrogens (tertiary/aromatic N) is 3. The largest absolute Gasteiger partial charge is 0.369 e. The Balaban J connectivity index is 1.94. The van der Waals surface area contributed by atoms with Gasteiger partial charge in [-0.05, 0) is 18.2 Å². The number of H-pyrrole nitrogens is 1. The van der Waals surface area contributed by atoms with E-state index in [1.165, 1.54) is 0 Å². The Hall–Kier alpha value is -2.63. The van der Waals surface area contributed by atoms with Gasteiger partial charge in [-0.1, -0.05) is 0 Å². The van der Waals surface area contributed by atoms with Crippen LogP contribution in [0.25, 0.3) is 11.3 Å². The molecule has 2 N–H and O–H groups in total. The highest BCUT2D eigenvalue weighted by molar-refractivity contribution is 5.97. The van der Waals surface area contributed by atoms with Crippen LogP contribution in [0.1, 0.15) is 16.1 Å². The summed E-state index contributed by atoms with van der Waals surface area (Å²) in [5.41, 5.74) is 3.61. The third kappa shape index (κ3) is 2.79. The van der Waals surface area contributed by atoms with Crippen LogP contribution in [0.4, 0.5) is 5.82 Å². The van der Waals surface area contributed by atoms with Gasteiger partial charge in [0.15, 0.2) is 5.82 Å². The molecule has 0 unspecified atom stereocenters. The molecule has 6 heteroatoms. The number of carbonyl (C=O) groups is 1. The monoisotopic (exact) mass is 283 g/mol. The minimum atomic E-state index is -0.0151. The lowest BCUT2D eigenvalue weighted by atomic mass is 10.1. The predicted molar refractivity (Wildman–Crippen MR) is 81.9 cm³/mol. The molecule has 2 aromatic rings. The van der Waals surface area contributed by atoms with Gasteiger partial charge in [-0.25, -0.2) is 9.98 Å². The van der Waals surface area contributed by atoms with E-state index in [2.05, 4.69) is 20.3 Å². The summed E-state index contributed by atoms with van der Waals surface area (Å²) in [6, 6.07) is 5.69. The Labute approximate surface area is 122 Å². The van der Waals surface area contributed by atoms with E-state index in [-0.39, 0.29) is 5.91 Å². The van der Waals surface area contributed by atoms with Crippen LogP contribution in [0.5, 0.6) is 0 Å². The number of aromatic nitrogens is 2. The van der Waals surface area contributed by atoms with Crippen molar-refractivity contribution in [2.75, 3.05) is 20.6 Å². The predicted octanol–water partition coefficient (Wildman–Crippen LogP) is 1.58. The number of amides is 1. The molecule has 0 saturated heterocycles. The maximum Gasteiger partial charge on any atom is 0.253 e. The van der Waals surface area contributed by atoms with Crippen LogP contribution in [-0.2, 0) is 6.42 Å². The second-order valence-corrected chi connectivity index (χ2v) is 5.19. The molecule has 21 heavy (non-hydrogen) atoms. The van der Waals surface area contributed by atoms with Crippen molar-refractivity contribution in [3.8, 4) is 11.3 Å². The van der Waals surface area contributed by atoms with Gasteiger partial charge in [0.05, 0.1) is 11.9 Å². The molecule has 0 bridgehead atoms. The molecule has 1 aliphatic rings. The van der Waals surface area contributed by atoms with Crippen molar-refractivity contribution >= 4 is 18.1 Å². The summed E-state index contributed by atoms with van der Waals surface area (Å²) in [7, 11) is 3.82. The summed E-state index contributed by atoms with van der Waals surface area (Å²) in [5.74, 6) is 0.622. The summed E-state index contributed by atoms with van der Waals surface area (Å²) in [6.45, 7) is 0.681. The first-order chi connectivity index (χ1) is 10.1. The Kier molecular flexibility index (Phi) is 3.43. The number of hydrogen-bond donors (Lipinski definition) is 2. The smallest absolute Gasteiger partial charge is 0.253 e. The number of hydrogen-bond acceptors (Lipinski definition) is 3. The number of pyridine rings is 1. The Bertz CT molecular complexity index is 702. The molecule has 0 saturated carbocycles. The van der Waals surface area contributed by atoms with Crippen LogP contribution in [0.15, 0.2) is 29.4 Å². The Morgan fingerprint density at radius 2 is 2.24 bits per heavy atom. The van der Waals surface area contributed by atoms with Crippen molar-refractivity contribution in [1.82, 2.24) is 20.2 Å². The first kappa shape index (κ1) is 13.4. The topological polar surface area (TPSA) is 73.4 Å². The van der Waals surface area contributed by atoms with E-state index in [1.54, 1.807) is 12.5 Å². The van der Waals surface area contributed by atoms with Crippen LogP contribution in [0.2, 0.25) is 0 Å². The number of rotatable bonds is 3. The standard InChI is InChI=1S/C15H17N5O/c1-20(2)9-18-14-7-10(3-5-16-14)13-8-11-12(19-13)4-6-17-15(11)21/h3,5,7-9,19H,4,6H2,1-2H3,(H,17,21). The second-order valence-electron chi connectivity index (χ2n) is 5.19. The van der Waals surface area contributed by atoms with Gasteiger partial charge in [-0.3, -0.25) is 4.79 Å². The highest BCUT2D eigenvalue weighted by Crippen LogP contribution is 2.25. The van der Waals surface area contributed by atoms with Crippen LogP contribution in [0.3, 0.4) is 0 Å². The number of carbonyl (C=O) groups excluding carboxylic acids is 1. The fourth-order valence-corrected chi connectivity index (χ4v) is 2.28. The van der Waals surface area contributed by atoms with Crippen molar-refractivity contribution in [1.29, 1.82) is 0 Å². The Morgan fingerprint density at radius 3 is 3.00 bits per heavy atom. The van der Waals surface area contributed by atoms with E-state index in [9.17, 15) is 4.79 Å². The number of aromatic amines is 1. The van der Waals surface area contributed by atoms with Crippen molar-refractivity contribution in [3.05, 3.63) is 35.7 Å². The minimum absolute atomic E-state index is 0.0151. The lowest BCUT2D eigenvalue weighted by molar-refractivity contribution is 0.0946. The summed E-state index contributed by atoms with van der Waals surface area (Å²) in [5, 5.41) is 2.85. The average molecular weight is 283 g/mol. The van der Waals surface area contributed by atoms with E-state index in [1.807, 2.05) is 37.2 Å². The lowest BCUT2D eigenvalue weighted by Crippen LogP contribution is -2.31. The highest BCUT2D eigenvalue weighted by atomic mass is 16.1. The zero-order valence-electron chi connectivity index (χ0n) is 12.1. The zero-order valence-corrected chi connectivity index (χ0v) is 12.1. The molecule has 0 fully saturated rings. The molecule has 2 aromatic heterocycles. The van der Waals surface area contributed by atoms with Gasteiger partial charge in [0.1, 0.15) is 0 Å². The van der Waals surface area contributed by atoms with E-state index in [4.69, 9.17) is 0 Å². The summed E-state index contributed by atoms with van der Waals surface area (Å²) >= 11 is 0. The average Bonchev–Trinajstić information content (AvgIpc) is 2.91. The molecular formula is C15H17N5O. The molecule has 0 aromatic carbocycles. The summed E-state index contributed by atoms with van der Waals surface area (Å²) in [4.78, 5) is 25.5. The molecular weight excluding hydrogens is 266 g/mol. The third-order valence-electron chi connectivity index (χ3n) is 3.28. The summed E-state index contributed by atoms with van der Waals surface area (Å²) < 4.78 is 0. The van der Waals surface area contributed by atoms with Gasteiger partial charge < -0.3 is 15.2 Å². The molecule has 0 atom stereocenters. The molecule has 1 amide bonds. The van der Waals surface area contributed by atoms with Crippen molar-refractivity contribution < 1.29 is 4.79 Å². The molecule has 3 heterocycles. The lowest BCUT2D eigenvalue weighted by Gasteiger charge is -2.10. The molecule has 3 rings (SSSR count). The van der Waals surface area contributed by atoms with Crippen molar-refractivity contribution in [2.45, 2.75) is 6.42 Å². The minimum Gasteiger partial charge on any atom is -0.369 e. The zero-order chi connectivity index (χ0) is 14.8. The molecule has 1 aliphatic heterocycles. The third-order valence-corrected chi connectivity index (χ3v) is 3.28. The van der Waals surface area contributed by atoms with Crippen LogP contribution < -0.4 is 5.32 Å². The molecule has 0 spiro atoms. The van der Waals surface area contributed by atoms with Crippen molar-refractivity contribution in [2.24, 2.45) is 4.99 Å².